The van der Waals surface area contributed by atoms with Gasteiger partial charge in [-0.05, 0) is 0 Å². The van der Waals surface area contributed by atoms with E-state index >= 15 is 0 Å². The summed E-state index contributed by atoms with van der Waals surface area (Å²) in [7, 11) is 2.44. The summed E-state index contributed by atoms with van der Waals surface area (Å²) < 4.78 is 36.2. The van der Waals surface area contributed by atoms with Gasteiger partial charge < -0.3 is 15.3 Å². The number of alkyl halides is 3. The molecule has 0 bridgehead atoms. The van der Waals surface area contributed by atoms with Crippen LogP contribution in [0.5, 0.6) is 0 Å². The van der Waals surface area contributed by atoms with Crippen molar-refractivity contribution in [1.29, 1.82) is 0 Å². The third-order valence-electron chi connectivity index (χ3n) is 1.42. The fourth-order valence-corrected chi connectivity index (χ4v) is 0.672. The van der Waals surface area contributed by atoms with Crippen molar-refractivity contribution >= 4 is 6.03 Å². The molecule has 0 rings (SSSR count). The van der Waals surface area contributed by atoms with Gasteiger partial charge >= 0.3 is 12.2 Å². The van der Waals surface area contributed by atoms with Gasteiger partial charge in [0, 0.05) is 20.3 Å². The fraction of sp³-hybridized carbons (Fsp3) is 0.571. The maximum Gasteiger partial charge on any atom is 0.416 e. The SMILES string of the molecule is CNC(=O)N(C)/C=C(\CO)C(F)(F)F. The number of amides is 2. The average molecular weight is 212 g/mol. The summed E-state index contributed by atoms with van der Waals surface area (Å²) in [4.78, 5) is 11.5. The minimum atomic E-state index is -4.63. The molecule has 0 aromatic carbocycles. The first-order valence-corrected chi connectivity index (χ1v) is 3.66. The minimum absolute atomic E-state index is 0.541. The molecular formula is C7H11F3N2O2. The van der Waals surface area contributed by atoms with Crippen LogP contribution in [0.1, 0.15) is 0 Å². The lowest BCUT2D eigenvalue weighted by atomic mass is 10.3. The van der Waals surface area contributed by atoms with Gasteiger partial charge in [0.15, 0.2) is 0 Å². The number of carbonyl (C=O) groups is 1. The Kier molecular flexibility index (Phi) is 4.42. The standard InChI is InChI=1S/C7H11F3N2O2/c1-11-6(14)12(2)3-5(4-13)7(8,9)10/h3,13H,4H2,1-2H3,(H,11,14)/b5-3+. The first-order valence-electron chi connectivity index (χ1n) is 3.66. The molecule has 0 spiro atoms. The number of nitrogens with one attached hydrogen (secondary N) is 1. The van der Waals surface area contributed by atoms with Crippen LogP contribution in [0.3, 0.4) is 0 Å². The molecule has 0 aromatic rings. The van der Waals surface area contributed by atoms with Gasteiger partial charge in [0.25, 0.3) is 0 Å². The molecule has 4 nitrogen and oxygen atoms in total. The molecule has 82 valence electrons. The number of rotatable bonds is 2. The molecule has 0 unspecified atom stereocenters. The van der Waals surface area contributed by atoms with Gasteiger partial charge in [-0.15, -0.1) is 0 Å². The van der Waals surface area contributed by atoms with E-state index in [1.165, 1.54) is 7.05 Å². The van der Waals surface area contributed by atoms with E-state index in [4.69, 9.17) is 5.11 Å². The number of hydrogen-bond acceptors (Lipinski definition) is 2. The zero-order valence-corrected chi connectivity index (χ0v) is 7.72. The molecule has 14 heavy (non-hydrogen) atoms. The molecule has 0 aliphatic heterocycles. The summed E-state index contributed by atoms with van der Waals surface area (Å²) in [5, 5.41) is 10.6. The Bertz CT molecular complexity index is 238. The molecule has 2 amide bonds. The maximum absolute atomic E-state index is 12.1. The number of aliphatic hydroxyl groups excluding tert-OH is 1. The van der Waals surface area contributed by atoms with Crippen molar-refractivity contribution in [3.05, 3.63) is 11.8 Å². The highest BCUT2D eigenvalue weighted by atomic mass is 19.4. The molecule has 0 heterocycles. The van der Waals surface area contributed by atoms with Gasteiger partial charge in [0.1, 0.15) is 0 Å². The Balaban J connectivity index is 4.68. The molecule has 2 N–H and O–H groups in total. The largest absolute Gasteiger partial charge is 0.416 e. The highest BCUT2D eigenvalue weighted by molar-refractivity contribution is 5.74. The van der Waals surface area contributed by atoms with Gasteiger partial charge in [-0.2, -0.15) is 13.2 Å². The molecule has 0 aromatic heterocycles. The van der Waals surface area contributed by atoms with Gasteiger partial charge in [0.05, 0.1) is 12.2 Å². The number of halogens is 3. The highest BCUT2D eigenvalue weighted by Gasteiger charge is 2.33. The number of carbonyl (C=O) groups excluding carboxylic acids is 1. The second kappa shape index (κ2) is 4.85. The molecule has 0 aliphatic rings. The molecule has 7 heteroatoms. The average Bonchev–Trinajstić information content (AvgIpc) is 2.10. The lowest BCUT2D eigenvalue weighted by Gasteiger charge is -2.15. The number of aliphatic hydroxyl groups is 1. The van der Waals surface area contributed by atoms with Crippen LogP contribution >= 0.6 is 0 Å². The van der Waals surface area contributed by atoms with Crippen LogP contribution in [-0.4, -0.2) is 42.9 Å². The third-order valence-corrected chi connectivity index (χ3v) is 1.42. The van der Waals surface area contributed by atoms with Crippen molar-refractivity contribution in [3.63, 3.8) is 0 Å². The Hall–Kier alpha value is -1.24. The smallest absolute Gasteiger partial charge is 0.392 e. The Labute approximate surface area is 79.0 Å². The van der Waals surface area contributed by atoms with Crippen LogP contribution < -0.4 is 5.32 Å². The Morgan fingerprint density at radius 3 is 2.36 bits per heavy atom. The Morgan fingerprint density at radius 1 is 1.57 bits per heavy atom. The zero-order chi connectivity index (χ0) is 11.4. The fourth-order valence-electron chi connectivity index (χ4n) is 0.672. The lowest BCUT2D eigenvalue weighted by molar-refractivity contribution is -0.0983. The van der Waals surface area contributed by atoms with Crippen molar-refractivity contribution in [2.75, 3.05) is 20.7 Å². The van der Waals surface area contributed by atoms with E-state index in [1.54, 1.807) is 0 Å². The van der Waals surface area contributed by atoms with Crippen molar-refractivity contribution < 1.29 is 23.1 Å². The molecular weight excluding hydrogens is 201 g/mol. The van der Waals surface area contributed by atoms with Crippen LogP contribution in [-0.2, 0) is 0 Å². The molecule has 0 radical (unpaired) electrons. The van der Waals surface area contributed by atoms with E-state index in [-0.39, 0.29) is 0 Å². The quantitative estimate of drug-likeness (QED) is 0.707. The molecule has 0 aliphatic carbocycles. The van der Waals surface area contributed by atoms with Crippen LogP contribution in [0.15, 0.2) is 11.8 Å². The predicted molar refractivity (Wildman–Crippen MR) is 43.4 cm³/mol. The van der Waals surface area contributed by atoms with Gasteiger partial charge in [0.2, 0.25) is 0 Å². The summed E-state index contributed by atoms with van der Waals surface area (Å²) in [5.74, 6) is 0. The van der Waals surface area contributed by atoms with Gasteiger partial charge in [-0.25, -0.2) is 4.79 Å². The topological polar surface area (TPSA) is 52.6 Å². The lowest BCUT2D eigenvalue weighted by Crippen LogP contribution is -2.32. The monoisotopic (exact) mass is 212 g/mol. The van der Waals surface area contributed by atoms with E-state index < -0.39 is 24.4 Å². The second-order valence-corrected chi connectivity index (χ2v) is 2.48. The predicted octanol–water partition coefficient (Wildman–Crippen LogP) is 0.696. The summed E-state index contributed by atoms with van der Waals surface area (Å²) in [6, 6.07) is -0.694. The van der Waals surface area contributed by atoms with Crippen molar-refractivity contribution in [1.82, 2.24) is 10.2 Å². The van der Waals surface area contributed by atoms with Crippen LogP contribution in [0.4, 0.5) is 18.0 Å². The van der Waals surface area contributed by atoms with E-state index in [2.05, 4.69) is 5.32 Å². The van der Waals surface area contributed by atoms with Crippen molar-refractivity contribution in [2.45, 2.75) is 6.18 Å². The van der Waals surface area contributed by atoms with E-state index in [0.29, 0.717) is 11.1 Å². The van der Waals surface area contributed by atoms with Crippen molar-refractivity contribution in [2.24, 2.45) is 0 Å². The normalized spacial score (nSPS) is 12.6. The highest BCUT2D eigenvalue weighted by Crippen LogP contribution is 2.25. The zero-order valence-electron chi connectivity index (χ0n) is 7.72. The summed E-state index contributed by atoms with van der Waals surface area (Å²) in [6.45, 7) is -1.16. The van der Waals surface area contributed by atoms with E-state index in [9.17, 15) is 18.0 Å². The summed E-state index contributed by atoms with van der Waals surface area (Å²) in [5.41, 5.74) is -1.18. The van der Waals surface area contributed by atoms with E-state index in [1.807, 2.05) is 0 Å². The molecule has 0 fully saturated rings. The number of hydrogen-bond donors (Lipinski definition) is 2. The first kappa shape index (κ1) is 12.8. The number of urea groups is 1. The second-order valence-electron chi connectivity index (χ2n) is 2.48. The summed E-state index contributed by atoms with van der Waals surface area (Å²) >= 11 is 0. The van der Waals surface area contributed by atoms with E-state index in [0.717, 1.165) is 7.05 Å². The molecule has 0 atom stereocenters. The maximum atomic E-state index is 12.1. The van der Waals surface area contributed by atoms with Gasteiger partial charge in [-0.3, -0.25) is 0 Å². The third kappa shape index (κ3) is 3.65. The first-order chi connectivity index (χ1) is 6.32. The van der Waals surface area contributed by atoms with Crippen LogP contribution in [0.25, 0.3) is 0 Å². The molecule has 0 saturated heterocycles. The summed E-state index contributed by atoms with van der Waals surface area (Å²) in [6.07, 6.45) is -4.09. The molecule has 0 saturated carbocycles. The Morgan fingerprint density at radius 2 is 2.07 bits per heavy atom. The minimum Gasteiger partial charge on any atom is -0.392 e. The van der Waals surface area contributed by atoms with Crippen molar-refractivity contribution in [3.8, 4) is 0 Å². The van der Waals surface area contributed by atoms with Crippen LogP contribution in [0.2, 0.25) is 0 Å². The van der Waals surface area contributed by atoms with Gasteiger partial charge in [-0.1, -0.05) is 0 Å². The van der Waals surface area contributed by atoms with Crippen LogP contribution in [0, 0.1) is 0 Å². The number of nitrogens with zero attached hydrogens (tertiary/aromatic N) is 1.